The molecule has 0 fully saturated rings. The summed E-state index contributed by atoms with van der Waals surface area (Å²) in [6, 6.07) is 14.4. The Hall–Kier alpha value is -2.33. The molecule has 1 heterocycles. The molecule has 0 bridgehead atoms. The highest BCUT2D eigenvalue weighted by molar-refractivity contribution is 7.14. The van der Waals surface area contributed by atoms with Crippen LogP contribution in [-0.4, -0.2) is 11.6 Å². The number of anilines is 2. The van der Waals surface area contributed by atoms with E-state index in [9.17, 15) is 0 Å². The van der Waals surface area contributed by atoms with E-state index in [4.69, 9.17) is 9.72 Å². The molecule has 3 aromatic rings. The van der Waals surface area contributed by atoms with Crippen LogP contribution in [0.25, 0.3) is 11.3 Å². The highest BCUT2D eigenvalue weighted by Gasteiger charge is 2.09. The predicted molar refractivity (Wildman–Crippen MR) is 97.9 cm³/mol. The van der Waals surface area contributed by atoms with Crippen molar-refractivity contribution in [2.75, 3.05) is 11.9 Å². The number of hydrogen-bond donors (Lipinski definition) is 1. The van der Waals surface area contributed by atoms with Crippen LogP contribution in [0.4, 0.5) is 10.8 Å². The second kappa shape index (κ2) is 6.84. The van der Waals surface area contributed by atoms with Gasteiger partial charge in [-0.3, -0.25) is 0 Å². The van der Waals surface area contributed by atoms with Crippen molar-refractivity contribution >= 4 is 22.2 Å². The third-order valence-electron chi connectivity index (χ3n) is 3.60. The van der Waals surface area contributed by atoms with Crippen molar-refractivity contribution in [3.05, 3.63) is 59.0 Å². The van der Waals surface area contributed by atoms with Crippen LogP contribution in [0.5, 0.6) is 5.75 Å². The number of rotatable bonds is 5. The first kappa shape index (κ1) is 15.6. The minimum absolute atomic E-state index is 0.643. The van der Waals surface area contributed by atoms with Crippen LogP contribution in [0.2, 0.25) is 0 Å². The smallest absolute Gasteiger partial charge is 0.187 e. The third-order valence-corrected chi connectivity index (χ3v) is 4.36. The summed E-state index contributed by atoms with van der Waals surface area (Å²) in [5, 5.41) is 6.32. The standard InChI is InChI=1S/C19H20N2OS/c1-4-22-18-8-6-5-7-16(18)20-19-21-17(12-23-19)15-11-13(2)9-10-14(15)3/h5-12H,4H2,1-3H3,(H,20,21). The van der Waals surface area contributed by atoms with Crippen molar-refractivity contribution in [3.8, 4) is 17.0 Å². The number of benzene rings is 2. The number of para-hydroxylation sites is 2. The van der Waals surface area contributed by atoms with Crippen LogP contribution in [0.1, 0.15) is 18.1 Å². The van der Waals surface area contributed by atoms with Gasteiger partial charge >= 0.3 is 0 Å². The number of aryl methyl sites for hydroxylation is 2. The normalized spacial score (nSPS) is 10.6. The summed E-state index contributed by atoms with van der Waals surface area (Å²) in [4.78, 5) is 4.73. The average Bonchev–Trinajstić information content (AvgIpc) is 3.00. The van der Waals surface area contributed by atoms with Crippen molar-refractivity contribution in [2.45, 2.75) is 20.8 Å². The van der Waals surface area contributed by atoms with Gasteiger partial charge in [-0.15, -0.1) is 11.3 Å². The van der Waals surface area contributed by atoms with Crippen LogP contribution < -0.4 is 10.1 Å². The molecule has 2 aromatic carbocycles. The third kappa shape index (κ3) is 3.54. The molecule has 4 heteroatoms. The lowest BCUT2D eigenvalue weighted by Crippen LogP contribution is -1.97. The second-order valence-corrected chi connectivity index (χ2v) is 6.27. The Balaban J connectivity index is 1.87. The van der Waals surface area contributed by atoms with Gasteiger partial charge in [-0.1, -0.05) is 29.8 Å². The van der Waals surface area contributed by atoms with Gasteiger partial charge in [-0.05, 0) is 44.5 Å². The van der Waals surface area contributed by atoms with E-state index in [1.165, 1.54) is 16.7 Å². The summed E-state index contributed by atoms with van der Waals surface area (Å²) in [5.74, 6) is 0.846. The minimum Gasteiger partial charge on any atom is -0.492 e. The summed E-state index contributed by atoms with van der Waals surface area (Å²) in [7, 11) is 0. The van der Waals surface area contributed by atoms with Gasteiger partial charge in [0.25, 0.3) is 0 Å². The zero-order chi connectivity index (χ0) is 16.2. The Morgan fingerprint density at radius 2 is 1.96 bits per heavy atom. The second-order valence-electron chi connectivity index (χ2n) is 5.41. The first-order chi connectivity index (χ1) is 11.2. The molecule has 118 valence electrons. The monoisotopic (exact) mass is 324 g/mol. The van der Waals surface area contributed by atoms with Crippen LogP contribution in [0.3, 0.4) is 0 Å². The number of ether oxygens (including phenoxy) is 1. The SMILES string of the molecule is CCOc1ccccc1Nc1nc(-c2cc(C)ccc2C)cs1. The summed E-state index contributed by atoms with van der Waals surface area (Å²) >= 11 is 1.60. The average molecular weight is 324 g/mol. The summed E-state index contributed by atoms with van der Waals surface area (Å²) in [6.45, 7) is 6.85. The van der Waals surface area contributed by atoms with Crippen LogP contribution >= 0.6 is 11.3 Å². The van der Waals surface area contributed by atoms with Gasteiger partial charge in [0.05, 0.1) is 18.0 Å². The van der Waals surface area contributed by atoms with E-state index in [-0.39, 0.29) is 0 Å². The van der Waals surface area contributed by atoms with E-state index in [1.54, 1.807) is 11.3 Å². The first-order valence-electron chi connectivity index (χ1n) is 7.69. The van der Waals surface area contributed by atoms with E-state index in [2.05, 4.69) is 42.7 Å². The van der Waals surface area contributed by atoms with Gasteiger partial charge in [0, 0.05) is 10.9 Å². The van der Waals surface area contributed by atoms with Gasteiger partial charge in [0.2, 0.25) is 0 Å². The van der Waals surface area contributed by atoms with Gasteiger partial charge < -0.3 is 10.1 Å². The Morgan fingerprint density at radius 3 is 2.78 bits per heavy atom. The quantitative estimate of drug-likeness (QED) is 0.666. The van der Waals surface area contributed by atoms with Crippen LogP contribution in [-0.2, 0) is 0 Å². The molecule has 0 unspecified atom stereocenters. The van der Waals surface area contributed by atoms with E-state index in [0.717, 1.165) is 22.3 Å². The first-order valence-corrected chi connectivity index (χ1v) is 8.57. The zero-order valence-corrected chi connectivity index (χ0v) is 14.4. The largest absolute Gasteiger partial charge is 0.492 e. The Bertz CT molecular complexity index is 811. The molecule has 0 radical (unpaired) electrons. The minimum atomic E-state index is 0.643. The molecule has 0 amide bonds. The van der Waals surface area contributed by atoms with Crippen LogP contribution in [0, 0.1) is 13.8 Å². The Kier molecular flexibility index (Phi) is 4.63. The molecule has 0 atom stereocenters. The van der Waals surface area contributed by atoms with Crippen molar-refractivity contribution in [2.24, 2.45) is 0 Å². The molecule has 0 saturated heterocycles. The van der Waals surface area contributed by atoms with Crippen LogP contribution in [0.15, 0.2) is 47.8 Å². The van der Waals surface area contributed by atoms with Crippen molar-refractivity contribution < 1.29 is 4.74 Å². The Morgan fingerprint density at radius 1 is 1.13 bits per heavy atom. The molecule has 23 heavy (non-hydrogen) atoms. The highest BCUT2D eigenvalue weighted by Crippen LogP contribution is 2.32. The van der Waals surface area contributed by atoms with Crippen molar-refractivity contribution in [1.29, 1.82) is 0 Å². The topological polar surface area (TPSA) is 34.1 Å². The molecule has 0 aliphatic heterocycles. The lowest BCUT2D eigenvalue weighted by Gasteiger charge is -2.10. The number of hydrogen-bond acceptors (Lipinski definition) is 4. The maximum Gasteiger partial charge on any atom is 0.187 e. The maximum atomic E-state index is 5.65. The summed E-state index contributed by atoms with van der Waals surface area (Å²) in [6.07, 6.45) is 0. The Labute approximate surface area is 141 Å². The van der Waals surface area contributed by atoms with Crippen molar-refractivity contribution in [1.82, 2.24) is 4.98 Å². The zero-order valence-electron chi connectivity index (χ0n) is 13.6. The lowest BCUT2D eigenvalue weighted by atomic mass is 10.0. The molecular weight excluding hydrogens is 304 g/mol. The predicted octanol–water partition coefficient (Wildman–Crippen LogP) is 5.57. The molecule has 0 saturated carbocycles. The van der Waals surface area contributed by atoms with E-state index < -0.39 is 0 Å². The molecule has 3 rings (SSSR count). The maximum absolute atomic E-state index is 5.65. The number of nitrogens with one attached hydrogen (secondary N) is 1. The van der Waals surface area contributed by atoms with Gasteiger partial charge in [0.1, 0.15) is 5.75 Å². The summed E-state index contributed by atoms with van der Waals surface area (Å²) in [5.41, 5.74) is 5.62. The lowest BCUT2D eigenvalue weighted by molar-refractivity contribution is 0.342. The number of nitrogens with zero attached hydrogens (tertiary/aromatic N) is 1. The molecule has 1 aromatic heterocycles. The molecule has 0 aliphatic rings. The fourth-order valence-corrected chi connectivity index (χ4v) is 3.16. The van der Waals surface area contributed by atoms with Gasteiger partial charge in [-0.2, -0.15) is 0 Å². The molecule has 3 nitrogen and oxygen atoms in total. The van der Waals surface area contributed by atoms with E-state index in [0.29, 0.717) is 6.61 Å². The molecule has 0 spiro atoms. The fraction of sp³-hybridized carbons (Fsp3) is 0.211. The summed E-state index contributed by atoms with van der Waals surface area (Å²) < 4.78 is 5.65. The molecule has 1 N–H and O–H groups in total. The van der Waals surface area contributed by atoms with E-state index in [1.807, 2.05) is 31.2 Å². The number of aromatic nitrogens is 1. The number of thiazole rings is 1. The van der Waals surface area contributed by atoms with E-state index >= 15 is 0 Å². The van der Waals surface area contributed by atoms with Gasteiger partial charge in [-0.25, -0.2) is 4.98 Å². The van der Waals surface area contributed by atoms with Crippen molar-refractivity contribution in [3.63, 3.8) is 0 Å². The highest BCUT2D eigenvalue weighted by atomic mass is 32.1. The molecule has 0 aliphatic carbocycles. The fourth-order valence-electron chi connectivity index (χ4n) is 2.43. The molecular formula is C19H20N2OS. The van der Waals surface area contributed by atoms with Gasteiger partial charge in [0.15, 0.2) is 5.13 Å².